The SMILES string of the molecule is COC1CN(c2nc(C(F)(F)F)ccc2C#N)CC1OC. The van der Waals surface area contributed by atoms with Crippen LogP contribution in [-0.4, -0.2) is 44.5 Å². The Morgan fingerprint density at radius 3 is 2.24 bits per heavy atom. The van der Waals surface area contributed by atoms with E-state index in [2.05, 4.69) is 4.98 Å². The van der Waals surface area contributed by atoms with E-state index in [4.69, 9.17) is 14.7 Å². The minimum Gasteiger partial charge on any atom is -0.377 e. The maximum atomic E-state index is 12.8. The summed E-state index contributed by atoms with van der Waals surface area (Å²) in [5.74, 6) is 0.00826. The molecule has 5 nitrogen and oxygen atoms in total. The van der Waals surface area contributed by atoms with Gasteiger partial charge in [0.05, 0.1) is 5.56 Å². The number of methoxy groups -OCH3 is 2. The molecule has 1 aromatic heterocycles. The van der Waals surface area contributed by atoms with E-state index >= 15 is 0 Å². The summed E-state index contributed by atoms with van der Waals surface area (Å²) < 4.78 is 48.8. The van der Waals surface area contributed by atoms with Crippen LogP contribution in [0.25, 0.3) is 0 Å². The van der Waals surface area contributed by atoms with Crippen molar-refractivity contribution in [3.63, 3.8) is 0 Å². The van der Waals surface area contributed by atoms with E-state index in [1.165, 1.54) is 14.2 Å². The fourth-order valence-corrected chi connectivity index (χ4v) is 2.30. The number of pyridine rings is 1. The standard InChI is InChI=1S/C13H14F3N3O2/c1-20-9-6-19(7-10(9)21-2)12-8(5-17)3-4-11(18-12)13(14,15)16/h3-4,9-10H,6-7H2,1-2H3. The molecule has 2 atom stereocenters. The molecule has 0 radical (unpaired) electrons. The summed E-state index contributed by atoms with van der Waals surface area (Å²) >= 11 is 0. The van der Waals surface area contributed by atoms with Gasteiger partial charge in [0.25, 0.3) is 0 Å². The highest BCUT2D eigenvalue weighted by Crippen LogP contribution is 2.32. The summed E-state index contributed by atoms with van der Waals surface area (Å²) in [5, 5.41) is 9.06. The summed E-state index contributed by atoms with van der Waals surface area (Å²) in [7, 11) is 3.01. The highest BCUT2D eigenvalue weighted by atomic mass is 19.4. The van der Waals surface area contributed by atoms with E-state index in [0.717, 1.165) is 12.1 Å². The summed E-state index contributed by atoms with van der Waals surface area (Å²) in [6.45, 7) is 0.635. The second-order valence-electron chi connectivity index (χ2n) is 4.63. The van der Waals surface area contributed by atoms with Crippen molar-refractivity contribution in [2.24, 2.45) is 0 Å². The lowest BCUT2D eigenvalue weighted by atomic mass is 10.2. The van der Waals surface area contributed by atoms with Gasteiger partial charge in [-0.1, -0.05) is 0 Å². The number of hydrogen-bond donors (Lipinski definition) is 0. The first-order valence-electron chi connectivity index (χ1n) is 6.19. The Hall–Kier alpha value is -1.85. The number of anilines is 1. The molecule has 2 heterocycles. The van der Waals surface area contributed by atoms with Crippen LogP contribution in [0.2, 0.25) is 0 Å². The zero-order valence-corrected chi connectivity index (χ0v) is 11.5. The molecule has 8 heteroatoms. The van der Waals surface area contributed by atoms with Gasteiger partial charge in [0.2, 0.25) is 0 Å². The third kappa shape index (κ3) is 3.09. The first kappa shape index (κ1) is 15.5. The van der Waals surface area contributed by atoms with Gasteiger partial charge in [0.15, 0.2) is 0 Å². The molecule has 0 spiro atoms. The fraction of sp³-hybridized carbons (Fsp3) is 0.538. The number of alkyl halides is 3. The zero-order chi connectivity index (χ0) is 15.6. The Labute approximate surface area is 119 Å². The van der Waals surface area contributed by atoms with Crippen LogP contribution in [0.3, 0.4) is 0 Å². The molecule has 0 aromatic carbocycles. The molecule has 0 amide bonds. The molecule has 1 aliphatic heterocycles. The molecule has 1 fully saturated rings. The Kier molecular flexibility index (Phi) is 4.34. The minimum atomic E-state index is -4.55. The Bertz CT molecular complexity index is 545. The van der Waals surface area contributed by atoms with Gasteiger partial charge in [-0.2, -0.15) is 18.4 Å². The maximum absolute atomic E-state index is 12.8. The van der Waals surface area contributed by atoms with Crippen molar-refractivity contribution >= 4 is 5.82 Å². The number of halogens is 3. The first-order valence-corrected chi connectivity index (χ1v) is 6.19. The molecule has 0 aliphatic carbocycles. The summed E-state index contributed by atoms with van der Waals surface area (Å²) in [4.78, 5) is 5.18. The molecule has 21 heavy (non-hydrogen) atoms. The van der Waals surface area contributed by atoms with Gasteiger partial charge in [-0.15, -0.1) is 0 Å². The van der Waals surface area contributed by atoms with E-state index in [0.29, 0.717) is 13.1 Å². The van der Waals surface area contributed by atoms with Gasteiger partial charge in [-0.05, 0) is 12.1 Å². The number of rotatable bonds is 3. The lowest BCUT2D eigenvalue weighted by Gasteiger charge is -2.19. The highest BCUT2D eigenvalue weighted by Gasteiger charge is 2.37. The smallest absolute Gasteiger partial charge is 0.377 e. The molecule has 2 unspecified atom stereocenters. The van der Waals surface area contributed by atoms with Crippen LogP contribution in [0.5, 0.6) is 0 Å². The van der Waals surface area contributed by atoms with E-state index < -0.39 is 11.9 Å². The van der Waals surface area contributed by atoms with Crippen molar-refractivity contribution < 1.29 is 22.6 Å². The number of hydrogen-bond acceptors (Lipinski definition) is 5. The van der Waals surface area contributed by atoms with Crippen LogP contribution in [0, 0.1) is 11.3 Å². The van der Waals surface area contributed by atoms with Crippen molar-refractivity contribution in [2.75, 3.05) is 32.2 Å². The average molecular weight is 301 g/mol. The number of nitrogens with zero attached hydrogens (tertiary/aromatic N) is 3. The average Bonchev–Trinajstić information content (AvgIpc) is 2.88. The normalized spacial score (nSPS) is 22.4. The molecule has 1 saturated heterocycles. The molecule has 0 bridgehead atoms. The first-order chi connectivity index (χ1) is 9.90. The molecule has 0 saturated carbocycles. The topological polar surface area (TPSA) is 58.4 Å². The molecule has 2 rings (SSSR count). The van der Waals surface area contributed by atoms with Crippen molar-refractivity contribution in [3.8, 4) is 6.07 Å². The third-order valence-electron chi connectivity index (χ3n) is 3.41. The van der Waals surface area contributed by atoms with Gasteiger partial charge in [-0.3, -0.25) is 0 Å². The second kappa shape index (κ2) is 5.87. The molecule has 114 valence electrons. The van der Waals surface area contributed by atoms with Crippen LogP contribution in [0.1, 0.15) is 11.3 Å². The highest BCUT2D eigenvalue weighted by molar-refractivity contribution is 5.55. The fourth-order valence-electron chi connectivity index (χ4n) is 2.30. The van der Waals surface area contributed by atoms with E-state index in [1.54, 1.807) is 4.90 Å². The lowest BCUT2D eigenvalue weighted by Crippen LogP contribution is -2.27. The quantitative estimate of drug-likeness (QED) is 0.852. The van der Waals surface area contributed by atoms with Gasteiger partial charge in [-0.25, -0.2) is 4.98 Å². The number of nitriles is 1. The van der Waals surface area contributed by atoms with E-state index in [-0.39, 0.29) is 23.6 Å². The van der Waals surface area contributed by atoms with Gasteiger partial charge < -0.3 is 14.4 Å². The minimum absolute atomic E-state index is 0.00826. The Morgan fingerprint density at radius 2 is 1.81 bits per heavy atom. The van der Waals surface area contributed by atoms with Crippen molar-refractivity contribution in [2.45, 2.75) is 18.4 Å². The Balaban J connectivity index is 2.37. The van der Waals surface area contributed by atoms with E-state index in [1.807, 2.05) is 6.07 Å². The number of aromatic nitrogens is 1. The van der Waals surface area contributed by atoms with Crippen LogP contribution in [0.15, 0.2) is 12.1 Å². The third-order valence-corrected chi connectivity index (χ3v) is 3.41. The monoisotopic (exact) mass is 301 g/mol. The predicted molar refractivity (Wildman–Crippen MR) is 67.8 cm³/mol. The van der Waals surface area contributed by atoms with Crippen LogP contribution in [-0.2, 0) is 15.7 Å². The lowest BCUT2D eigenvalue weighted by molar-refractivity contribution is -0.141. The zero-order valence-electron chi connectivity index (χ0n) is 11.5. The van der Waals surface area contributed by atoms with Gasteiger partial charge in [0.1, 0.15) is 29.8 Å². The van der Waals surface area contributed by atoms with E-state index in [9.17, 15) is 13.2 Å². The molecule has 0 N–H and O–H groups in total. The largest absolute Gasteiger partial charge is 0.433 e. The maximum Gasteiger partial charge on any atom is 0.433 e. The molecule has 1 aliphatic rings. The Morgan fingerprint density at radius 1 is 1.24 bits per heavy atom. The number of ether oxygens (including phenoxy) is 2. The van der Waals surface area contributed by atoms with Crippen molar-refractivity contribution in [3.05, 3.63) is 23.4 Å². The summed E-state index contributed by atoms with van der Waals surface area (Å²) in [5.41, 5.74) is -0.930. The van der Waals surface area contributed by atoms with Crippen molar-refractivity contribution in [1.82, 2.24) is 4.98 Å². The summed E-state index contributed by atoms with van der Waals surface area (Å²) in [6.07, 6.45) is -5.11. The molecular formula is C13H14F3N3O2. The molecular weight excluding hydrogens is 287 g/mol. The van der Waals surface area contributed by atoms with Gasteiger partial charge in [0, 0.05) is 27.3 Å². The van der Waals surface area contributed by atoms with Crippen LogP contribution in [0.4, 0.5) is 19.0 Å². The van der Waals surface area contributed by atoms with Crippen LogP contribution >= 0.6 is 0 Å². The van der Waals surface area contributed by atoms with Crippen molar-refractivity contribution in [1.29, 1.82) is 5.26 Å². The predicted octanol–water partition coefficient (Wildman–Crippen LogP) is 1.82. The van der Waals surface area contributed by atoms with Crippen LogP contribution < -0.4 is 4.90 Å². The molecule has 1 aromatic rings. The second-order valence-corrected chi connectivity index (χ2v) is 4.63. The van der Waals surface area contributed by atoms with Gasteiger partial charge >= 0.3 is 6.18 Å². The summed E-state index contributed by atoms with van der Waals surface area (Å²) in [6, 6.07) is 3.80.